The highest BCUT2D eigenvalue weighted by Crippen LogP contribution is 2.30. The third-order valence-electron chi connectivity index (χ3n) is 4.38. The third-order valence-corrected chi connectivity index (χ3v) is 5.55. The maximum Gasteiger partial charge on any atom is 0.227 e. The first kappa shape index (κ1) is 17.2. The van der Waals surface area contributed by atoms with Crippen LogP contribution in [0.4, 0.5) is 11.6 Å². The summed E-state index contributed by atoms with van der Waals surface area (Å²) in [5.74, 6) is 0.483. The molecule has 4 aromatic rings. The number of fused-ring (bicyclic) bond motifs is 1. The van der Waals surface area contributed by atoms with Crippen LogP contribution in [0.25, 0.3) is 22.2 Å². The number of aromatic nitrogens is 3. The lowest BCUT2D eigenvalue weighted by Gasteiger charge is -2.09. The van der Waals surface area contributed by atoms with E-state index in [1.54, 1.807) is 30.5 Å². The first-order valence-corrected chi connectivity index (χ1v) is 10.4. The summed E-state index contributed by atoms with van der Waals surface area (Å²) >= 11 is 0. The molecule has 0 fully saturated rings. The average molecular weight is 377 g/mol. The maximum absolute atomic E-state index is 11.8. The minimum absolute atomic E-state index is 0.483. The maximum atomic E-state index is 11.8. The van der Waals surface area contributed by atoms with E-state index >= 15 is 0 Å². The molecule has 1 atom stereocenters. The molecule has 136 valence electrons. The molecule has 7 heteroatoms. The lowest BCUT2D eigenvalue weighted by molar-refractivity contribution is 0.679. The molecule has 0 radical (unpaired) electrons. The van der Waals surface area contributed by atoms with Gasteiger partial charge in [-0.05, 0) is 42.8 Å². The van der Waals surface area contributed by atoms with Crippen molar-refractivity contribution in [2.75, 3.05) is 11.6 Å². The second-order valence-corrected chi connectivity index (χ2v) is 8.62. The van der Waals surface area contributed by atoms with Gasteiger partial charge in [0, 0.05) is 45.7 Å². The van der Waals surface area contributed by atoms with Crippen LogP contribution in [0.5, 0.6) is 0 Å². The van der Waals surface area contributed by atoms with Crippen molar-refractivity contribution in [3.63, 3.8) is 0 Å². The molecule has 2 aromatic carbocycles. The number of H-pyrrole nitrogens is 1. The third kappa shape index (κ3) is 3.41. The molecule has 1 unspecified atom stereocenters. The molecule has 27 heavy (non-hydrogen) atoms. The normalized spacial score (nSPS) is 13.4. The van der Waals surface area contributed by atoms with Crippen LogP contribution >= 0.6 is 0 Å². The number of anilines is 2. The van der Waals surface area contributed by atoms with Gasteiger partial charge in [-0.3, -0.25) is 0 Å². The Morgan fingerprint density at radius 2 is 1.85 bits per heavy atom. The van der Waals surface area contributed by atoms with Crippen molar-refractivity contribution in [2.24, 2.45) is 0 Å². The van der Waals surface area contributed by atoms with E-state index < -0.39 is 9.73 Å². The average Bonchev–Trinajstić information content (AvgIpc) is 3.07. The number of benzene rings is 2. The minimum atomic E-state index is -2.72. The monoisotopic (exact) mass is 377 g/mol. The number of hydrogen-bond donors (Lipinski definition) is 3. The second kappa shape index (κ2) is 6.51. The molecule has 6 nitrogen and oxygen atoms in total. The van der Waals surface area contributed by atoms with Crippen LogP contribution in [-0.4, -0.2) is 25.4 Å². The molecule has 0 aliphatic rings. The van der Waals surface area contributed by atoms with Crippen LogP contribution in [0, 0.1) is 11.7 Å². The molecular formula is C20H19N5OS. The quantitative estimate of drug-likeness (QED) is 0.480. The fourth-order valence-electron chi connectivity index (χ4n) is 2.97. The summed E-state index contributed by atoms with van der Waals surface area (Å²) in [7, 11) is -2.72. The molecule has 0 spiro atoms. The van der Waals surface area contributed by atoms with E-state index in [0.29, 0.717) is 10.8 Å². The smallest absolute Gasteiger partial charge is 0.227 e. The highest BCUT2D eigenvalue weighted by atomic mass is 32.2. The number of para-hydroxylation sites is 1. The topological polar surface area (TPSA) is 94.5 Å². The molecule has 4 rings (SSSR count). The molecular weight excluding hydrogens is 358 g/mol. The lowest BCUT2D eigenvalue weighted by atomic mass is 10.1. The summed E-state index contributed by atoms with van der Waals surface area (Å²) in [4.78, 5) is 12.8. The van der Waals surface area contributed by atoms with Gasteiger partial charge in [-0.1, -0.05) is 18.2 Å². The van der Waals surface area contributed by atoms with Gasteiger partial charge in [-0.15, -0.1) is 0 Å². The second-order valence-electron chi connectivity index (χ2n) is 6.47. The molecule has 0 saturated heterocycles. The zero-order chi connectivity index (χ0) is 19.0. The molecule has 0 bridgehead atoms. The molecule has 2 aromatic heterocycles. The Morgan fingerprint density at radius 1 is 1.11 bits per heavy atom. The molecule has 0 amide bonds. The first-order valence-electron chi connectivity index (χ1n) is 8.43. The predicted octanol–water partition coefficient (Wildman–Crippen LogP) is 4.71. The zero-order valence-corrected chi connectivity index (χ0v) is 15.8. The van der Waals surface area contributed by atoms with Crippen molar-refractivity contribution in [3.8, 4) is 11.3 Å². The molecule has 0 saturated carbocycles. The van der Waals surface area contributed by atoms with Gasteiger partial charge in [-0.25, -0.2) is 19.0 Å². The standard InChI is InChI=1S/C20H19N5OS/c1-13-11-23-20(24-14-7-9-15(10-8-14)27(2,21)26)25-19(13)17-12-22-18-6-4-3-5-16(17)18/h3-12,21-22H,1-2H3,(H,23,24,25). The summed E-state index contributed by atoms with van der Waals surface area (Å²) < 4.78 is 19.4. The van der Waals surface area contributed by atoms with Gasteiger partial charge in [0.15, 0.2) is 0 Å². The number of aromatic amines is 1. The number of rotatable bonds is 4. The van der Waals surface area contributed by atoms with Crippen LogP contribution in [0.15, 0.2) is 65.8 Å². The van der Waals surface area contributed by atoms with Crippen molar-refractivity contribution < 1.29 is 4.21 Å². The van der Waals surface area contributed by atoms with Crippen LogP contribution < -0.4 is 5.32 Å². The highest BCUT2D eigenvalue weighted by molar-refractivity contribution is 7.91. The van der Waals surface area contributed by atoms with Crippen molar-refractivity contribution in [1.82, 2.24) is 15.0 Å². The SMILES string of the molecule is Cc1cnc(Nc2ccc(S(C)(=N)=O)cc2)nc1-c1c[nH]c2ccccc12. The van der Waals surface area contributed by atoms with E-state index in [9.17, 15) is 4.21 Å². The molecule has 3 N–H and O–H groups in total. The highest BCUT2D eigenvalue weighted by Gasteiger charge is 2.12. The van der Waals surface area contributed by atoms with E-state index in [1.165, 1.54) is 6.26 Å². The van der Waals surface area contributed by atoms with Crippen LogP contribution in [-0.2, 0) is 9.73 Å². The van der Waals surface area contributed by atoms with Gasteiger partial charge in [0.1, 0.15) is 0 Å². The van der Waals surface area contributed by atoms with E-state index in [-0.39, 0.29) is 0 Å². The van der Waals surface area contributed by atoms with Crippen molar-refractivity contribution in [3.05, 3.63) is 66.5 Å². The summed E-state index contributed by atoms with van der Waals surface area (Å²) in [5, 5.41) is 4.29. The van der Waals surface area contributed by atoms with E-state index in [4.69, 9.17) is 9.76 Å². The molecule has 0 aliphatic carbocycles. The van der Waals surface area contributed by atoms with Gasteiger partial charge in [0.05, 0.1) is 15.4 Å². The van der Waals surface area contributed by atoms with Gasteiger partial charge in [0.25, 0.3) is 0 Å². The fraction of sp³-hybridized carbons (Fsp3) is 0.100. The largest absolute Gasteiger partial charge is 0.360 e. The van der Waals surface area contributed by atoms with E-state index in [0.717, 1.165) is 33.4 Å². The summed E-state index contributed by atoms with van der Waals surface area (Å²) in [5.41, 5.74) is 4.72. The van der Waals surface area contributed by atoms with Gasteiger partial charge < -0.3 is 10.3 Å². The lowest BCUT2D eigenvalue weighted by Crippen LogP contribution is -2.00. The van der Waals surface area contributed by atoms with Gasteiger partial charge in [0.2, 0.25) is 5.95 Å². The summed E-state index contributed by atoms with van der Waals surface area (Å²) in [6.07, 6.45) is 5.17. The fourth-order valence-corrected chi connectivity index (χ4v) is 3.62. The Morgan fingerprint density at radius 3 is 2.59 bits per heavy atom. The van der Waals surface area contributed by atoms with Crippen LogP contribution in [0.1, 0.15) is 5.56 Å². The Balaban J connectivity index is 1.69. The summed E-state index contributed by atoms with van der Waals surface area (Å²) in [6.45, 7) is 1.99. The van der Waals surface area contributed by atoms with E-state index in [1.807, 2.05) is 31.3 Å². The number of nitrogens with zero attached hydrogens (tertiary/aromatic N) is 2. The Bertz CT molecular complexity index is 1230. The first-order chi connectivity index (χ1) is 12.9. The van der Waals surface area contributed by atoms with Crippen molar-refractivity contribution >= 4 is 32.3 Å². The number of aryl methyl sites for hydroxylation is 1. The Kier molecular flexibility index (Phi) is 4.16. The van der Waals surface area contributed by atoms with Gasteiger partial charge in [-0.2, -0.15) is 0 Å². The Labute approximate surface area is 157 Å². The minimum Gasteiger partial charge on any atom is -0.360 e. The number of nitrogens with one attached hydrogen (secondary N) is 3. The van der Waals surface area contributed by atoms with Crippen LogP contribution in [0.2, 0.25) is 0 Å². The van der Waals surface area contributed by atoms with Gasteiger partial charge >= 0.3 is 0 Å². The zero-order valence-electron chi connectivity index (χ0n) is 15.0. The molecule has 0 aliphatic heterocycles. The van der Waals surface area contributed by atoms with Crippen molar-refractivity contribution in [1.29, 1.82) is 4.78 Å². The Hall–Kier alpha value is -3.19. The van der Waals surface area contributed by atoms with Crippen LogP contribution in [0.3, 0.4) is 0 Å². The van der Waals surface area contributed by atoms with Crippen molar-refractivity contribution in [2.45, 2.75) is 11.8 Å². The summed E-state index contributed by atoms with van der Waals surface area (Å²) in [6, 6.07) is 15.0. The van der Waals surface area contributed by atoms with E-state index in [2.05, 4.69) is 21.4 Å². The molecule has 2 heterocycles. The number of hydrogen-bond acceptors (Lipinski definition) is 5. The predicted molar refractivity (Wildman–Crippen MR) is 109 cm³/mol.